The van der Waals surface area contributed by atoms with E-state index < -0.39 is 17.7 Å². The van der Waals surface area contributed by atoms with Gasteiger partial charge >= 0.3 is 0 Å². The summed E-state index contributed by atoms with van der Waals surface area (Å²) in [4.78, 5) is 30.3. The number of carbonyl (C=O) groups is 2. The zero-order valence-corrected chi connectivity index (χ0v) is 21.3. The number of rotatable bonds is 6. The summed E-state index contributed by atoms with van der Waals surface area (Å²) >= 11 is 6.01. The van der Waals surface area contributed by atoms with Crippen LogP contribution in [0, 0.1) is 0 Å². The third-order valence-corrected chi connectivity index (χ3v) is 6.98. The molecule has 2 aromatic carbocycles. The molecule has 0 spiro atoms. The van der Waals surface area contributed by atoms with E-state index in [2.05, 4.69) is 25.7 Å². The molecule has 2 aliphatic rings. The smallest absolute Gasteiger partial charge is 0.295 e. The highest BCUT2D eigenvalue weighted by molar-refractivity contribution is 6.46. The molecule has 2 heterocycles. The summed E-state index contributed by atoms with van der Waals surface area (Å²) in [6, 6.07) is 14.0. The highest BCUT2D eigenvalue weighted by Gasteiger charge is 2.45. The molecule has 0 radical (unpaired) electrons. The van der Waals surface area contributed by atoms with E-state index in [1.807, 2.05) is 24.3 Å². The molecule has 186 valence electrons. The van der Waals surface area contributed by atoms with Gasteiger partial charge in [-0.15, -0.1) is 0 Å². The first-order valence-corrected chi connectivity index (χ1v) is 12.5. The van der Waals surface area contributed by atoms with Gasteiger partial charge in [-0.3, -0.25) is 14.5 Å². The average molecular weight is 497 g/mol. The minimum atomic E-state index is -0.659. The molecule has 7 heteroatoms. The van der Waals surface area contributed by atoms with Crippen LogP contribution >= 0.6 is 11.6 Å². The summed E-state index contributed by atoms with van der Waals surface area (Å²) in [5.41, 5.74) is 2.51. The first-order chi connectivity index (χ1) is 16.7. The normalized spacial score (nSPS) is 21.0. The molecule has 2 saturated heterocycles. The van der Waals surface area contributed by atoms with Crippen molar-refractivity contribution >= 4 is 29.1 Å². The van der Waals surface area contributed by atoms with Crippen molar-refractivity contribution in [2.75, 3.05) is 39.4 Å². The standard InChI is InChI=1S/C28H33ClN2O4/c1-28(2,3)21-9-5-19(6-10-21)24-23(25(32)20-7-11-22(29)12-8-20)26(33)27(34)31(24)14-4-13-30-15-17-35-18-16-30/h5-12,24,32H,4,13-18H2,1-3H3/t24-/m0/s1. The molecule has 6 nitrogen and oxygen atoms in total. The topological polar surface area (TPSA) is 70.1 Å². The van der Waals surface area contributed by atoms with Crippen LogP contribution in [0.3, 0.4) is 0 Å². The van der Waals surface area contributed by atoms with Gasteiger partial charge in [-0.2, -0.15) is 0 Å². The molecule has 0 saturated carbocycles. The maximum Gasteiger partial charge on any atom is 0.295 e. The number of morpholine rings is 1. The van der Waals surface area contributed by atoms with Crippen LogP contribution < -0.4 is 0 Å². The van der Waals surface area contributed by atoms with E-state index in [-0.39, 0.29) is 16.7 Å². The predicted octanol–water partition coefficient (Wildman–Crippen LogP) is 4.78. The quantitative estimate of drug-likeness (QED) is 0.354. The van der Waals surface area contributed by atoms with Crippen LogP contribution in [-0.2, 0) is 19.7 Å². The second-order valence-corrected chi connectivity index (χ2v) is 10.6. The molecule has 1 amide bonds. The van der Waals surface area contributed by atoms with E-state index in [9.17, 15) is 14.7 Å². The number of carbonyl (C=O) groups excluding carboxylic acids is 2. The Morgan fingerprint density at radius 2 is 1.63 bits per heavy atom. The van der Waals surface area contributed by atoms with Gasteiger partial charge in [-0.1, -0.05) is 56.6 Å². The fraction of sp³-hybridized carbons (Fsp3) is 0.429. The van der Waals surface area contributed by atoms with Crippen molar-refractivity contribution in [3.63, 3.8) is 0 Å². The highest BCUT2D eigenvalue weighted by atomic mass is 35.5. The SMILES string of the molecule is CC(C)(C)c1ccc([C@H]2C(=C(O)c3ccc(Cl)cc3)C(=O)C(=O)N2CCCN2CCOCC2)cc1. The van der Waals surface area contributed by atoms with Crippen LogP contribution in [0.5, 0.6) is 0 Å². The Morgan fingerprint density at radius 3 is 2.23 bits per heavy atom. The third kappa shape index (κ3) is 5.61. The molecule has 2 aliphatic heterocycles. The maximum absolute atomic E-state index is 13.2. The molecule has 0 bridgehead atoms. The number of aliphatic hydroxyl groups excluding tert-OH is 1. The number of amides is 1. The summed E-state index contributed by atoms with van der Waals surface area (Å²) in [6.07, 6.45) is 0.727. The van der Waals surface area contributed by atoms with Gasteiger partial charge in [0, 0.05) is 36.8 Å². The minimum Gasteiger partial charge on any atom is -0.507 e. The molecule has 0 aromatic heterocycles. The van der Waals surface area contributed by atoms with Gasteiger partial charge in [0.1, 0.15) is 5.76 Å². The summed E-state index contributed by atoms with van der Waals surface area (Å²) in [5.74, 6) is -1.42. The van der Waals surface area contributed by atoms with Gasteiger partial charge in [0.05, 0.1) is 24.8 Å². The first-order valence-electron chi connectivity index (χ1n) is 12.1. The Hall–Kier alpha value is -2.67. The molecule has 1 N–H and O–H groups in total. The van der Waals surface area contributed by atoms with Crippen LogP contribution in [0.1, 0.15) is 49.9 Å². The number of likely N-dealkylation sites (tertiary alicyclic amines) is 1. The van der Waals surface area contributed by atoms with Gasteiger partial charge in [-0.25, -0.2) is 0 Å². The number of ether oxygens (including phenoxy) is 1. The van der Waals surface area contributed by atoms with E-state index in [0.29, 0.717) is 30.3 Å². The van der Waals surface area contributed by atoms with E-state index >= 15 is 0 Å². The molecular formula is C28H33ClN2O4. The molecule has 0 unspecified atom stereocenters. The number of nitrogens with zero attached hydrogens (tertiary/aromatic N) is 2. The highest BCUT2D eigenvalue weighted by Crippen LogP contribution is 2.40. The van der Waals surface area contributed by atoms with Crippen molar-refractivity contribution in [1.82, 2.24) is 9.80 Å². The van der Waals surface area contributed by atoms with Crippen molar-refractivity contribution in [3.05, 3.63) is 75.8 Å². The zero-order valence-electron chi connectivity index (χ0n) is 20.6. The molecule has 0 aliphatic carbocycles. The van der Waals surface area contributed by atoms with Gasteiger partial charge in [0.2, 0.25) is 0 Å². The Morgan fingerprint density at radius 1 is 1.00 bits per heavy atom. The number of halogens is 1. The third-order valence-electron chi connectivity index (χ3n) is 6.73. The largest absolute Gasteiger partial charge is 0.507 e. The average Bonchev–Trinajstić information content (AvgIpc) is 3.09. The number of benzene rings is 2. The molecule has 35 heavy (non-hydrogen) atoms. The summed E-state index contributed by atoms with van der Waals surface area (Å²) < 4.78 is 5.42. The van der Waals surface area contributed by atoms with Crippen LogP contribution in [0.25, 0.3) is 5.76 Å². The van der Waals surface area contributed by atoms with Crippen LogP contribution in [0.15, 0.2) is 54.1 Å². The lowest BCUT2D eigenvalue weighted by atomic mass is 9.85. The van der Waals surface area contributed by atoms with Crippen molar-refractivity contribution in [3.8, 4) is 0 Å². The molecule has 1 atom stereocenters. The van der Waals surface area contributed by atoms with E-state index in [0.717, 1.165) is 37.2 Å². The fourth-order valence-electron chi connectivity index (χ4n) is 4.68. The lowest BCUT2D eigenvalue weighted by Crippen LogP contribution is -2.39. The van der Waals surface area contributed by atoms with Crippen LogP contribution in [-0.4, -0.2) is 66.0 Å². The fourth-order valence-corrected chi connectivity index (χ4v) is 4.80. The van der Waals surface area contributed by atoms with E-state index in [4.69, 9.17) is 16.3 Å². The Bertz CT molecular complexity index is 1100. The summed E-state index contributed by atoms with van der Waals surface area (Å²) in [7, 11) is 0. The number of Topliss-reactive ketones (excluding diaryl/α,β-unsaturated/α-hetero) is 1. The predicted molar refractivity (Wildman–Crippen MR) is 137 cm³/mol. The maximum atomic E-state index is 13.2. The van der Waals surface area contributed by atoms with Gasteiger partial charge in [0.15, 0.2) is 0 Å². The monoisotopic (exact) mass is 496 g/mol. The molecule has 2 aromatic rings. The second kappa shape index (κ2) is 10.5. The van der Waals surface area contributed by atoms with Crippen molar-refractivity contribution < 1.29 is 19.4 Å². The lowest BCUT2D eigenvalue weighted by Gasteiger charge is -2.29. The van der Waals surface area contributed by atoms with Crippen LogP contribution in [0.2, 0.25) is 5.02 Å². The molecule has 2 fully saturated rings. The Labute approximate surface area is 212 Å². The molecule has 4 rings (SSSR count). The van der Waals surface area contributed by atoms with Crippen molar-refractivity contribution in [1.29, 1.82) is 0 Å². The number of hydrogen-bond donors (Lipinski definition) is 1. The molecular weight excluding hydrogens is 464 g/mol. The minimum absolute atomic E-state index is 0.0260. The number of hydrogen-bond acceptors (Lipinski definition) is 5. The zero-order chi connectivity index (χ0) is 25.2. The number of ketones is 1. The van der Waals surface area contributed by atoms with Gasteiger partial charge in [0.25, 0.3) is 11.7 Å². The van der Waals surface area contributed by atoms with E-state index in [1.54, 1.807) is 29.2 Å². The second-order valence-electron chi connectivity index (χ2n) is 10.2. The number of aliphatic hydroxyl groups is 1. The first kappa shape index (κ1) is 25.4. The Kier molecular flexibility index (Phi) is 7.64. The summed E-state index contributed by atoms with van der Waals surface area (Å²) in [5, 5.41) is 11.7. The summed E-state index contributed by atoms with van der Waals surface area (Å²) in [6.45, 7) is 10.8. The van der Waals surface area contributed by atoms with Crippen molar-refractivity contribution in [2.24, 2.45) is 0 Å². The lowest BCUT2D eigenvalue weighted by molar-refractivity contribution is -0.140. The Balaban J connectivity index is 1.68. The van der Waals surface area contributed by atoms with E-state index in [1.165, 1.54) is 0 Å². The van der Waals surface area contributed by atoms with Gasteiger partial charge in [-0.05, 0) is 47.2 Å². The van der Waals surface area contributed by atoms with Gasteiger partial charge < -0.3 is 14.7 Å². The van der Waals surface area contributed by atoms with Crippen LogP contribution in [0.4, 0.5) is 0 Å². The van der Waals surface area contributed by atoms with Crippen molar-refractivity contribution in [2.45, 2.75) is 38.6 Å².